The molecular formula is C21H17FN2O2S. The zero-order chi connectivity index (χ0) is 19.1. The molecular weight excluding hydrogens is 363 g/mol. The van der Waals surface area contributed by atoms with Crippen LogP contribution in [0.3, 0.4) is 0 Å². The van der Waals surface area contributed by atoms with Crippen LogP contribution in [0.5, 0.6) is 0 Å². The summed E-state index contributed by atoms with van der Waals surface area (Å²) in [6.45, 7) is 3.96. The van der Waals surface area contributed by atoms with E-state index in [1.54, 1.807) is 35.1 Å². The van der Waals surface area contributed by atoms with Gasteiger partial charge in [-0.1, -0.05) is 35.9 Å². The van der Waals surface area contributed by atoms with E-state index in [1.807, 2.05) is 31.2 Å². The number of hydrogen-bond donors (Lipinski definition) is 0. The van der Waals surface area contributed by atoms with Gasteiger partial charge in [0.25, 0.3) is 5.56 Å². The Labute approximate surface area is 158 Å². The van der Waals surface area contributed by atoms with E-state index in [9.17, 15) is 14.0 Å². The number of benzene rings is 2. The summed E-state index contributed by atoms with van der Waals surface area (Å²) in [5.41, 5.74) is 2.45. The fourth-order valence-corrected chi connectivity index (χ4v) is 4.01. The highest BCUT2D eigenvalue weighted by Gasteiger charge is 2.16. The van der Waals surface area contributed by atoms with Gasteiger partial charge in [-0.15, -0.1) is 11.3 Å². The molecule has 2 aromatic heterocycles. The fraction of sp³-hybridized carbons (Fsp3) is 0.143. The van der Waals surface area contributed by atoms with Crippen molar-refractivity contribution in [3.8, 4) is 5.69 Å². The number of halogens is 1. The number of rotatable bonds is 3. The second kappa shape index (κ2) is 6.63. The van der Waals surface area contributed by atoms with Crippen molar-refractivity contribution >= 4 is 21.6 Å². The number of thiophene rings is 1. The van der Waals surface area contributed by atoms with Crippen LogP contribution in [-0.4, -0.2) is 9.13 Å². The third kappa shape index (κ3) is 3.02. The van der Waals surface area contributed by atoms with E-state index in [0.29, 0.717) is 22.3 Å². The van der Waals surface area contributed by atoms with Crippen LogP contribution in [0.25, 0.3) is 15.9 Å². The molecule has 0 fully saturated rings. The Bertz CT molecular complexity index is 1280. The number of hydrogen-bond acceptors (Lipinski definition) is 3. The van der Waals surface area contributed by atoms with Crippen molar-refractivity contribution in [1.82, 2.24) is 9.13 Å². The molecule has 4 aromatic rings. The topological polar surface area (TPSA) is 44.0 Å². The van der Waals surface area contributed by atoms with Crippen LogP contribution < -0.4 is 11.2 Å². The molecule has 0 saturated heterocycles. The molecule has 0 aliphatic carbocycles. The molecule has 136 valence electrons. The molecule has 0 atom stereocenters. The van der Waals surface area contributed by atoms with Gasteiger partial charge in [-0.2, -0.15) is 0 Å². The smallest absolute Gasteiger partial charge is 0.288 e. The molecule has 4 rings (SSSR count). The monoisotopic (exact) mass is 380 g/mol. The van der Waals surface area contributed by atoms with Crippen LogP contribution in [0.15, 0.2) is 63.5 Å². The molecule has 2 aromatic carbocycles. The molecule has 4 nitrogen and oxygen atoms in total. The molecule has 0 amide bonds. The Morgan fingerprint density at radius 1 is 1.04 bits per heavy atom. The van der Waals surface area contributed by atoms with Crippen LogP contribution in [0, 0.1) is 19.7 Å². The zero-order valence-electron chi connectivity index (χ0n) is 14.9. The zero-order valence-corrected chi connectivity index (χ0v) is 15.7. The quantitative estimate of drug-likeness (QED) is 0.539. The summed E-state index contributed by atoms with van der Waals surface area (Å²) < 4.78 is 17.1. The van der Waals surface area contributed by atoms with Gasteiger partial charge in [0.2, 0.25) is 0 Å². The highest BCUT2D eigenvalue weighted by molar-refractivity contribution is 7.17. The lowest BCUT2D eigenvalue weighted by atomic mass is 10.1. The standard InChI is InChI=1S/C21H17FN2O2S/c1-13-4-3-5-15(10-13)12-23-18-8-9-27-19(18)20(25)24(21(23)26)16-7-6-14(2)17(22)11-16/h3-11H,12H2,1-2H3. The molecule has 0 radical (unpaired) electrons. The minimum atomic E-state index is -0.476. The molecule has 6 heteroatoms. The SMILES string of the molecule is Cc1cccc(Cn2c(=O)n(-c3ccc(C)c(F)c3)c(=O)c3sccc32)c1. The average molecular weight is 380 g/mol. The second-order valence-corrected chi connectivity index (χ2v) is 7.48. The van der Waals surface area contributed by atoms with Crippen molar-refractivity contribution < 1.29 is 4.39 Å². The first-order valence-electron chi connectivity index (χ1n) is 8.51. The molecule has 0 aliphatic rings. The van der Waals surface area contributed by atoms with E-state index in [2.05, 4.69) is 0 Å². The molecule has 0 spiro atoms. The van der Waals surface area contributed by atoms with Crippen molar-refractivity contribution in [3.63, 3.8) is 0 Å². The van der Waals surface area contributed by atoms with Crippen LogP contribution in [0.2, 0.25) is 0 Å². The van der Waals surface area contributed by atoms with Gasteiger partial charge < -0.3 is 0 Å². The predicted molar refractivity (Wildman–Crippen MR) is 107 cm³/mol. The van der Waals surface area contributed by atoms with Crippen molar-refractivity contribution in [2.75, 3.05) is 0 Å². The van der Waals surface area contributed by atoms with E-state index in [4.69, 9.17) is 0 Å². The fourth-order valence-electron chi connectivity index (χ4n) is 3.18. The maximum Gasteiger partial charge on any atom is 0.336 e. The van der Waals surface area contributed by atoms with Crippen LogP contribution in [-0.2, 0) is 6.54 Å². The molecule has 0 saturated carbocycles. The Morgan fingerprint density at radius 2 is 1.85 bits per heavy atom. The van der Waals surface area contributed by atoms with E-state index >= 15 is 0 Å². The van der Waals surface area contributed by atoms with Gasteiger partial charge in [0.1, 0.15) is 10.5 Å². The molecule has 0 N–H and O–H groups in total. The summed E-state index contributed by atoms with van der Waals surface area (Å²) in [5.74, 6) is -0.449. The lowest BCUT2D eigenvalue weighted by Crippen LogP contribution is -2.38. The second-order valence-electron chi connectivity index (χ2n) is 6.57. The van der Waals surface area contributed by atoms with Crippen LogP contribution >= 0.6 is 11.3 Å². The van der Waals surface area contributed by atoms with Crippen LogP contribution in [0.4, 0.5) is 4.39 Å². The minimum Gasteiger partial charge on any atom is -0.288 e. The van der Waals surface area contributed by atoms with E-state index in [0.717, 1.165) is 15.7 Å². The molecule has 27 heavy (non-hydrogen) atoms. The third-order valence-electron chi connectivity index (χ3n) is 4.59. The van der Waals surface area contributed by atoms with Gasteiger partial charge in [-0.05, 0) is 48.6 Å². The number of nitrogens with zero attached hydrogens (tertiary/aromatic N) is 2. The maximum atomic E-state index is 14.1. The summed E-state index contributed by atoms with van der Waals surface area (Å²) in [7, 11) is 0. The van der Waals surface area contributed by atoms with Crippen molar-refractivity contribution in [1.29, 1.82) is 0 Å². The lowest BCUT2D eigenvalue weighted by molar-refractivity contribution is 0.615. The number of fused-ring (bicyclic) bond motifs is 1. The maximum absolute atomic E-state index is 14.1. The normalized spacial score (nSPS) is 11.2. The van der Waals surface area contributed by atoms with Crippen LogP contribution in [0.1, 0.15) is 16.7 Å². The van der Waals surface area contributed by atoms with Gasteiger partial charge >= 0.3 is 5.69 Å². The van der Waals surface area contributed by atoms with Gasteiger partial charge in [0.05, 0.1) is 17.7 Å². The highest BCUT2D eigenvalue weighted by atomic mass is 32.1. The van der Waals surface area contributed by atoms with Gasteiger partial charge in [0.15, 0.2) is 0 Å². The summed E-state index contributed by atoms with van der Waals surface area (Å²) in [4.78, 5) is 26.1. The van der Waals surface area contributed by atoms with Gasteiger partial charge in [-0.3, -0.25) is 9.36 Å². The van der Waals surface area contributed by atoms with E-state index in [-0.39, 0.29) is 5.69 Å². The predicted octanol–water partition coefficient (Wildman–Crippen LogP) is 4.02. The minimum absolute atomic E-state index is 0.237. The molecule has 0 aliphatic heterocycles. The van der Waals surface area contributed by atoms with Crippen molar-refractivity contribution in [2.45, 2.75) is 20.4 Å². The summed E-state index contributed by atoms with van der Waals surface area (Å²) >= 11 is 1.28. The van der Waals surface area contributed by atoms with Gasteiger partial charge in [0, 0.05) is 0 Å². The van der Waals surface area contributed by atoms with Crippen molar-refractivity contribution in [3.05, 3.63) is 97.3 Å². The van der Waals surface area contributed by atoms with Gasteiger partial charge in [-0.25, -0.2) is 13.8 Å². The first-order chi connectivity index (χ1) is 13.0. The van der Waals surface area contributed by atoms with E-state index < -0.39 is 17.1 Å². The Hall–Kier alpha value is -2.99. The Morgan fingerprint density at radius 3 is 2.59 bits per heavy atom. The largest absolute Gasteiger partial charge is 0.336 e. The molecule has 0 unspecified atom stereocenters. The van der Waals surface area contributed by atoms with Crippen molar-refractivity contribution in [2.24, 2.45) is 0 Å². The first kappa shape index (κ1) is 17.4. The molecule has 2 heterocycles. The Balaban J connectivity index is 1.99. The molecule has 0 bridgehead atoms. The lowest BCUT2D eigenvalue weighted by Gasteiger charge is -2.13. The summed E-state index contributed by atoms with van der Waals surface area (Å²) in [6.07, 6.45) is 0. The first-order valence-corrected chi connectivity index (χ1v) is 9.39. The van der Waals surface area contributed by atoms with E-state index in [1.165, 1.54) is 17.4 Å². The summed E-state index contributed by atoms with van der Waals surface area (Å²) in [5, 5.41) is 1.79. The number of aromatic nitrogens is 2. The third-order valence-corrected chi connectivity index (χ3v) is 5.48. The number of aryl methyl sites for hydroxylation is 2. The highest BCUT2D eigenvalue weighted by Crippen LogP contribution is 2.18. The summed E-state index contributed by atoms with van der Waals surface area (Å²) in [6, 6.07) is 14.0. The average Bonchev–Trinajstić information content (AvgIpc) is 3.12. The Kier molecular flexibility index (Phi) is 4.28.